The summed E-state index contributed by atoms with van der Waals surface area (Å²) in [5, 5.41) is 12.9. The molecule has 0 saturated carbocycles. The number of allylic oxidation sites excluding steroid dienone is 5. The van der Waals surface area contributed by atoms with Crippen LogP contribution >= 0.6 is 0 Å². The minimum absolute atomic E-state index is 0.652. The van der Waals surface area contributed by atoms with E-state index < -0.39 is 0 Å². The van der Waals surface area contributed by atoms with Gasteiger partial charge in [0.25, 0.3) is 0 Å². The number of aromatic amines is 2. The zero-order valence-corrected chi connectivity index (χ0v) is 20.3. The molecule has 0 bridgehead atoms. The smallest absolute Gasteiger partial charge is 0.181 e. The first-order valence-corrected chi connectivity index (χ1v) is 11.8. The van der Waals surface area contributed by atoms with Gasteiger partial charge in [-0.25, -0.2) is 4.98 Å². The summed E-state index contributed by atoms with van der Waals surface area (Å²) in [6, 6.07) is 8.18. The van der Waals surface area contributed by atoms with E-state index >= 15 is 0 Å². The Morgan fingerprint density at radius 1 is 1.11 bits per heavy atom. The Kier molecular flexibility index (Phi) is 6.28. The summed E-state index contributed by atoms with van der Waals surface area (Å²) < 4.78 is 0. The van der Waals surface area contributed by atoms with E-state index in [1.165, 1.54) is 0 Å². The van der Waals surface area contributed by atoms with Gasteiger partial charge < -0.3 is 10.3 Å². The van der Waals surface area contributed by atoms with Crippen molar-refractivity contribution in [3.05, 3.63) is 104 Å². The van der Waals surface area contributed by atoms with Gasteiger partial charge in [0.15, 0.2) is 5.65 Å². The van der Waals surface area contributed by atoms with Gasteiger partial charge in [0, 0.05) is 63.6 Å². The SMILES string of the molecule is C=C/C(=C\C(=C/C)c1cnc2n[nH]c(-c3cc4c(-c5cccnc5)cncc4[nH]3)c2c1)NC(=C)CC. The van der Waals surface area contributed by atoms with Gasteiger partial charge in [0.1, 0.15) is 0 Å². The minimum Gasteiger partial charge on any atom is -0.359 e. The van der Waals surface area contributed by atoms with Crippen LogP contribution in [0.1, 0.15) is 25.8 Å². The first-order valence-electron chi connectivity index (χ1n) is 11.8. The molecule has 0 atom stereocenters. The Morgan fingerprint density at radius 3 is 2.75 bits per heavy atom. The van der Waals surface area contributed by atoms with Crippen molar-refractivity contribution in [3.8, 4) is 22.5 Å². The van der Waals surface area contributed by atoms with Gasteiger partial charge in [0.05, 0.1) is 23.1 Å². The molecular weight excluding hydrogens is 446 g/mol. The van der Waals surface area contributed by atoms with Gasteiger partial charge in [-0.2, -0.15) is 5.10 Å². The Morgan fingerprint density at radius 2 is 2.00 bits per heavy atom. The van der Waals surface area contributed by atoms with E-state index in [1.807, 2.05) is 49.9 Å². The largest absolute Gasteiger partial charge is 0.359 e. The fourth-order valence-corrected chi connectivity index (χ4v) is 4.14. The monoisotopic (exact) mass is 473 g/mol. The number of hydrogen-bond acceptors (Lipinski definition) is 5. The molecule has 0 aliphatic heterocycles. The molecule has 0 aromatic carbocycles. The fraction of sp³-hybridized carbons (Fsp3) is 0.103. The summed E-state index contributed by atoms with van der Waals surface area (Å²) >= 11 is 0. The number of aromatic nitrogens is 6. The summed E-state index contributed by atoms with van der Waals surface area (Å²) in [7, 11) is 0. The third-order valence-corrected chi connectivity index (χ3v) is 6.12. The quantitative estimate of drug-likeness (QED) is 0.222. The zero-order chi connectivity index (χ0) is 25.1. The fourth-order valence-electron chi connectivity index (χ4n) is 4.14. The van der Waals surface area contributed by atoms with Crippen molar-refractivity contribution in [1.29, 1.82) is 0 Å². The van der Waals surface area contributed by atoms with Crippen LogP contribution in [0, 0.1) is 0 Å². The number of nitrogens with one attached hydrogen (secondary N) is 3. The van der Waals surface area contributed by atoms with Gasteiger partial charge in [-0.15, -0.1) is 0 Å². The van der Waals surface area contributed by atoms with Crippen LogP contribution in [0.25, 0.3) is 50.0 Å². The summed E-state index contributed by atoms with van der Waals surface area (Å²) in [5.74, 6) is 0. The number of pyridine rings is 3. The van der Waals surface area contributed by atoms with Gasteiger partial charge in [-0.3, -0.25) is 15.1 Å². The molecule has 5 aromatic heterocycles. The third kappa shape index (κ3) is 4.34. The third-order valence-electron chi connectivity index (χ3n) is 6.12. The molecule has 36 heavy (non-hydrogen) atoms. The number of hydrogen-bond donors (Lipinski definition) is 3. The van der Waals surface area contributed by atoms with Crippen LogP contribution in [0.3, 0.4) is 0 Å². The van der Waals surface area contributed by atoms with E-state index in [0.29, 0.717) is 5.65 Å². The van der Waals surface area contributed by atoms with Crippen LogP contribution in [-0.4, -0.2) is 30.1 Å². The first kappa shape index (κ1) is 23.0. The normalized spacial score (nSPS) is 12.3. The predicted molar refractivity (Wildman–Crippen MR) is 147 cm³/mol. The Labute approximate surface area is 209 Å². The molecule has 0 aliphatic carbocycles. The molecule has 0 amide bonds. The highest BCUT2D eigenvalue weighted by Gasteiger charge is 2.15. The first-order chi connectivity index (χ1) is 17.6. The minimum atomic E-state index is 0.652. The molecule has 0 saturated heterocycles. The van der Waals surface area contributed by atoms with Crippen molar-refractivity contribution in [2.75, 3.05) is 0 Å². The molecule has 5 rings (SSSR count). The van der Waals surface area contributed by atoms with Crippen LogP contribution in [-0.2, 0) is 0 Å². The molecule has 7 heteroatoms. The van der Waals surface area contributed by atoms with Crippen LogP contribution in [0.2, 0.25) is 0 Å². The highest BCUT2D eigenvalue weighted by Crippen LogP contribution is 2.33. The average Bonchev–Trinajstić information content (AvgIpc) is 3.54. The lowest BCUT2D eigenvalue weighted by molar-refractivity contribution is 0.921. The summed E-state index contributed by atoms with van der Waals surface area (Å²) in [6.07, 6.45) is 15.9. The van der Waals surface area contributed by atoms with Crippen LogP contribution in [0.5, 0.6) is 0 Å². The molecule has 0 radical (unpaired) electrons. The van der Waals surface area contributed by atoms with Gasteiger partial charge in [0.2, 0.25) is 0 Å². The lowest BCUT2D eigenvalue weighted by Gasteiger charge is -2.10. The van der Waals surface area contributed by atoms with Gasteiger partial charge in [-0.1, -0.05) is 32.2 Å². The van der Waals surface area contributed by atoms with Crippen LogP contribution in [0.4, 0.5) is 0 Å². The zero-order valence-electron chi connectivity index (χ0n) is 20.3. The van der Waals surface area contributed by atoms with Crippen LogP contribution < -0.4 is 5.32 Å². The standard InChI is InChI=1S/C29H27N7/c1-5-18(4)33-22(7-3)11-19(6-2)21-12-24-28(35-36-29(24)32-15-21)26-13-23-25(16-31-17-27(23)34-26)20-9-8-10-30-14-20/h6-17,33-34H,3-5H2,1-2H3,(H,32,35,36)/b19-6+,22-11+. The maximum atomic E-state index is 4.61. The molecule has 0 fully saturated rings. The lowest BCUT2D eigenvalue weighted by Crippen LogP contribution is -2.09. The summed E-state index contributed by atoms with van der Waals surface area (Å²) in [5.41, 5.74) is 9.21. The van der Waals surface area contributed by atoms with E-state index in [-0.39, 0.29) is 0 Å². The van der Waals surface area contributed by atoms with Crippen molar-refractivity contribution >= 4 is 27.5 Å². The molecule has 0 spiro atoms. The average molecular weight is 474 g/mol. The summed E-state index contributed by atoms with van der Waals surface area (Å²) in [6.45, 7) is 12.0. The molecule has 5 aromatic rings. The topological polar surface area (TPSA) is 95.2 Å². The molecule has 7 nitrogen and oxygen atoms in total. The second-order valence-electron chi connectivity index (χ2n) is 8.40. The molecule has 5 heterocycles. The van der Waals surface area contributed by atoms with Crippen molar-refractivity contribution in [2.24, 2.45) is 0 Å². The number of rotatable bonds is 8. The van der Waals surface area contributed by atoms with E-state index in [4.69, 9.17) is 0 Å². The molecule has 0 unspecified atom stereocenters. The predicted octanol–water partition coefficient (Wildman–Crippen LogP) is 6.55. The van der Waals surface area contributed by atoms with Crippen LogP contribution in [0.15, 0.2) is 98.0 Å². The van der Waals surface area contributed by atoms with Gasteiger partial charge in [-0.05, 0) is 49.3 Å². The van der Waals surface area contributed by atoms with Gasteiger partial charge >= 0.3 is 0 Å². The van der Waals surface area contributed by atoms with E-state index in [0.717, 1.165) is 67.8 Å². The molecular formula is C29H27N7. The molecule has 3 N–H and O–H groups in total. The number of fused-ring (bicyclic) bond motifs is 2. The second-order valence-corrected chi connectivity index (χ2v) is 8.40. The lowest BCUT2D eigenvalue weighted by atomic mass is 10.0. The van der Waals surface area contributed by atoms with Crippen molar-refractivity contribution in [1.82, 2.24) is 35.5 Å². The Bertz CT molecular complexity index is 1630. The van der Waals surface area contributed by atoms with Crippen molar-refractivity contribution < 1.29 is 0 Å². The Balaban J connectivity index is 1.57. The maximum Gasteiger partial charge on any atom is 0.181 e. The van der Waals surface area contributed by atoms with E-state index in [2.05, 4.69) is 73.7 Å². The molecule has 178 valence electrons. The van der Waals surface area contributed by atoms with Crippen molar-refractivity contribution in [3.63, 3.8) is 0 Å². The maximum absolute atomic E-state index is 4.61. The van der Waals surface area contributed by atoms with Crippen molar-refractivity contribution in [2.45, 2.75) is 20.3 Å². The number of H-pyrrole nitrogens is 2. The molecule has 0 aliphatic rings. The Hall–Kier alpha value is -4.78. The summed E-state index contributed by atoms with van der Waals surface area (Å²) in [4.78, 5) is 16.8. The highest BCUT2D eigenvalue weighted by molar-refractivity contribution is 6.00. The van der Waals surface area contributed by atoms with E-state index in [9.17, 15) is 0 Å². The second kappa shape index (κ2) is 9.84. The highest BCUT2D eigenvalue weighted by atomic mass is 15.2. The number of nitrogens with zero attached hydrogens (tertiary/aromatic N) is 4. The van der Waals surface area contributed by atoms with E-state index in [1.54, 1.807) is 12.3 Å².